The number of pyridine rings is 1. The molecule has 0 amide bonds. The third-order valence-electron chi connectivity index (χ3n) is 2.80. The van der Waals surface area contributed by atoms with E-state index in [1.165, 1.54) is 5.56 Å². The molecular weight excluding hydrogens is 267 g/mol. The van der Waals surface area contributed by atoms with E-state index in [1.54, 1.807) is 0 Å². The number of halogens is 2. The van der Waals surface area contributed by atoms with Crippen LogP contribution in [0.15, 0.2) is 36.4 Å². The predicted octanol–water partition coefficient (Wildman–Crippen LogP) is 4.55. The van der Waals surface area contributed by atoms with Crippen LogP contribution in [0.2, 0.25) is 5.02 Å². The number of hydrogen-bond donors (Lipinski definition) is 0. The van der Waals surface area contributed by atoms with Gasteiger partial charge in [-0.15, -0.1) is 11.6 Å². The standard InChI is InChI=1S/C14H14Cl2N2/c1-10-3-5-11(6-4-10)18(2)14-8-7-12(16)13(9-15)17-14/h3-8H,9H2,1-2H3. The molecule has 0 fully saturated rings. The van der Waals surface area contributed by atoms with Gasteiger partial charge in [0.05, 0.1) is 16.6 Å². The summed E-state index contributed by atoms with van der Waals surface area (Å²) < 4.78 is 0. The van der Waals surface area contributed by atoms with Crippen LogP contribution < -0.4 is 4.90 Å². The molecule has 0 N–H and O–H groups in total. The van der Waals surface area contributed by atoms with E-state index >= 15 is 0 Å². The van der Waals surface area contributed by atoms with Gasteiger partial charge in [0.1, 0.15) is 5.82 Å². The smallest absolute Gasteiger partial charge is 0.133 e. The molecule has 4 heteroatoms. The van der Waals surface area contributed by atoms with E-state index in [1.807, 2.05) is 24.1 Å². The van der Waals surface area contributed by atoms with Crippen molar-refractivity contribution in [3.63, 3.8) is 0 Å². The number of aromatic nitrogens is 1. The minimum atomic E-state index is 0.314. The summed E-state index contributed by atoms with van der Waals surface area (Å²) in [6.45, 7) is 2.07. The molecule has 1 aromatic heterocycles. The summed E-state index contributed by atoms with van der Waals surface area (Å²) in [6, 6.07) is 12.0. The molecule has 94 valence electrons. The van der Waals surface area contributed by atoms with Gasteiger partial charge >= 0.3 is 0 Å². The normalized spacial score (nSPS) is 10.4. The lowest BCUT2D eigenvalue weighted by molar-refractivity contribution is 1.08. The number of aryl methyl sites for hydroxylation is 1. The number of nitrogens with zero attached hydrogens (tertiary/aromatic N) is 2. The van der Waals surface area contributed by atoms with Crippen LogP contribution >= 0.6 is 23.2 Å². The number of hydrogen-bond acceptors (Lipinski definition) is 2. The lowest BCUT2D eigenvalue weighted by atomic mass is 10.2. The summed E-state index contributed by atoms with van der Waals surface area (Å²) >= 11 is 11.8. The maximum absolute atomic E-state index is 6.00. The molecule has 1 aromatic carbocycles. The molecule has 2 rings (SSSR count). The van der Waals surface area contributed by atoms with Crippen LogP contribution in [-0.2, 0) is 5.88 Å². The third-order valence-corrected chi connectivity index (χ3v) is 3.39. The Kier molecular flexibility index (Phi) is 4.10. The number of anilines is 2. The zero-order chi connectivity index (χ0) is 13.1. The Labute approximate surface area is 117 Å². The van der Waals surface area contributed by atoms with E-state index in [0.717, 1.165) is 11.5 Å². The molecule has 0 radical (unpaired) electrons. The third kappa shape index (κ3) is 2.77. The Balaban J connectivity index is 2.33. The van der Waals surface area contributed by atoms with Crippen LogP contribution in [0.3, 0.4) is 0 Å². The summed E-state index contributed by atoms with van der Waals surface area (Å²) in [5, 5.41) is 0.603. The molecule has 0 spiro atoms. The molecule has 0 aliphatic rings. The predicted molar refractivity (Wildman–Crippen MR) is 78.0 cm³/mol. The van der Waals surface area contributed by atoms with Crippen molar-refractivity contribution in [2.45, 2.75) is 12.8 Å². The Morgan fingerprint density at radius 1 is 1.11 bits per heavy atom. The van der Waals surface area contributed by atoms with Gasteiger partial charge in [-0.1, -0.05) is 29.3 Å². The average molecular weight is 281 g/mol. The SMILES string of the molecule is Cc1ccc(N(C)c2ccc(Cl)c(CCl)n2)cc1. The molecular formula is C14H14Cl2N2. The first-order valence-electron chi connectivity index (χ1n) is 5.63. The highest BCUT2D eigenvalue weighted by Crippen LogP contribution is 2.25. The van der Waals surface area contributed by atoms with E-state index < -0.39 is 0 Å². The van der Waals surface area contributed by atoms with Gasteiger partial charge in [0, 0.05) is 12.7 Å². The lowest BCUT2D eigenvalue weighted by Crippen LogP contribution is -2.11. The van der Waals surface area contributed by atoms with Crippen LogP contribution in [0.5, 0.6) is 0 Å². The van der Waals surface area contributed by atoms with Gasteiger partial charge in [0.25, 0.3) is 0 Å². The van der Waals surface area contributed by atoms with Crippen molar-refractivity contribution >= 4 is 34.7 Å². The maximum atomic E-state index is 6.00. The van der Waals surface area contributed by atoms with Crippen LogP contribution in [0.4, 0.5) is 11.5 Å². The topological polar surface area (TPSA) is 16.1 Å². The first-order chi connectivity index (χ1) is 8.61. The second-order valence-electron chi connectivity index (χ2n) is 4.13. The van der Waals surface area contributed by atoms with Crippen molar-refractivity contribution in [3.8, 4) is 0 Å². The Bertz CT molecular complexity index is 538. The lowest BCUT2D eigenvalue weighted by Gasteiger charge is -2.19. The average Bonchev–Trinajstić information content (AvgIpc) is 2.39. The van der Waals surface area contributed by atoms with E-state index in [4.69, 9.17) is 23.2 Å². The van der Waals surface area contributed by atoms with Crippen molar-refractivity contribution in [2.75, 3.05) is 11.9 Å². The van der Waals surface area contributed by atoms with E-state index in [0.29, 0.717) is 16.6 Å². The number of benzene rings is 1. The summed E-state index contributed by atoms with van der Waals surface area (Å²) in [5.74, 6) is 1.15. The van der Waals surface area contributed by atoms with Crippen LogP contribution in [-0.4, -0.2) is 12.0 Å². The second kappa shape index (κ2) is 5.59. The molecule has 2 nitrogen and oxygen atoms in total. The Morgan fingerprint density at radius 3 is 2.39 bits per heavy atom. The van der Waals surface area contributed by atoms with Gasteiger partial charge < -0.3 is 4.90 Å². The molecule has 0 unspecified atom stereocenters. The Morgan fingerprint density at radius 2 is 1.78 bits per heavy atom. The molecule has 2 aromatic rings. The highest BCUT2D eigenvalue weighted by molar-refractivity contribution is 6.32. The summed E-state index contributed by atoms with van der Waals surface area (Å²) in [5.41, 5.74) is 3.02. The number of rotatable bonds is 3. The fraction of sp³-hybridized carbons (Fsp3) is 0.214. The van der Waals surface area contributed by atoms with Crippen molar-refractivity contribution in [3.05, 3.63) is 52.7 Å². The molecule has 1 heterocycles. The first-order valence-corrected chi connectivity index (χ1v) is 6.55. The molecule has 0 aliphatic carbocycles. The largest absolute Gasteiger partial charge is 0.329 e. The van der Waals surface area contributed by atoms with Gasteiger partial charge in [0.15, 0.2) is 0 Å². The van der Waals surface area contributed by atoms with Crippen LogP contribution in [0, 0.1) is 6.92 Å². The van der Waals surface area contributed by atoms with Crippen molar-refractivity contribution < 1.29 is 0 Å². The van der Waals surface area contributed by atoms with Crippen molar-refractivity contribution in [1.29, 1.82) is 0 Å². The molecule has 0 aliphatic heterocycles. The highest BCUT2D eigenvalue weighted by atomic mass is 35.5. The second-order valence-corrected chi connectivity index (χ2v) is 4.80. The molecule has 0 saturated heterocycles. The van der Waals surface area contributed by atoms with Crippen molar-refractivity contribution in [1.82, 2.24) is 4.98 Å². The monoisotopic (exact) mass is 280 g/mol. The van der Waals surface area contributed by atoms with E-state index in [9.17, 15) is 0 Å². The van der Waals surface area contributed by atoms with Crippen LogP contribution in [0.25, 0.3) is 0 Å². The molecule has 18 heavy (non-hydrogen) atoms. The maximum Gasteiger partial charge on any atom is 0.133 e. The van der Waals surface area contributed by atoms with Gasteiger partial charge in [-0.2, -0.15) is 0 Å². The fourth-order valence-electron chi connectivity index (χ4n) is 1.65. The van der Waals surface area contributed by atoms with Gasteiger partial charge in [-0.25, -0.2) is 4.98 Å². The molecule has 0 saturated carbocycles. The van der Waals surface area contributed by atoms with E-state index in [-0.39, 0.29) is 0 Å². The summed E-state index contributed by atoms with van der Waals surface area (Å²) in [4.78, 5) is 6.46. The highest BCUT2D eigenvalue weighted by Gasteiger charge is 2.08. The first kappa shape index (κ1) is 13.2. The molecule has 0 atom stereocenters. The zero-order valence-corrected chi connectivity index (χ0v) is 11.8. The van der Waals surface area contributed by atoms with Crippen molar-refractivity contribution in [2.24, 2.45) is 0 Å². The quantitative estimate of drug-likeness (QED) is 0.767. The minimum absolute atomic E-state index is 0.314. The minimum Gasteiger partial charge on any atom is -0.329 e. The number of alkyl halides is 1. The van der Waals surface area contributed by atoms with Gasteiger partial charge in [-0.05, 0) is 31.2 Å². The summed E-state index contributed by atoms with van der Waals surface area (Å²) in [6.07, 6.45) is 0. The Hall–Kier alpha value is -1.25. The zero-order valence-electron chi connectivity index (χ0n) is 10.3. The van der Waals surface area contributed by atoms with Crippen LogP contribution in [0.1, 0.15) is 11.3 Å². The fourth-order valence-corrected chi connectivity index (χ4v) is 2.10. The summed E-state index contributed by atoms with van der Waals surface area (Å²) in [7, 11) is 1.97. The van der Waals surface area contributed by atoms with E-state index in [2.05, 4.69) is 36.2 Å². The van der Waals surface area contributed by atoms with Gasteiger partial charge in [0.2, 0.25) is 0 Å². The van der Waals surface area contributed by atoms with Gasteiger partial charge in [-0.3, -0.25) is 0 Å². The molecule has 0 bridgehead atoms.